The van der Waals surface area contributed by atoms with E-state index in [0.717, 1.165) is 31.0 Å². The van der Waals surface area contributed by atoms with Gasteiger partial charge in [-0.2, -0.15) is 0 Å². The molecule has 0 radical (unpaired) electrons. The Kier molecular flexibility index (Phi) is 4.19. The number of hydrogen-bond donors (Lipinski definition) is 1. The summed E-state index contributed by atoms with van der Waals surface area (Å²) in [6.07, 6.45) is 1.71. The fraction of sp³-hybridized carbons (Fsp3) is 0.526. The van der Waals surface area contributed by atoms with Crippen molar-refractivity contribution in [2.24, 2.45) is 16.6 Å². The van der Waals surface area contributed by atoms with Gasteiger partial charge < -0.3 is 15.5 Å². The van der Waals surface area contributed by atoms with E-state index < -0.39 is 6.04 Å². The SMILES string of the molecule is CC(C)C1=NCCCN1c1ccc(N2C(=O)[C@@H]3[C@H](N)CCN3C2=O)cc1. The van der Waals surface area contributed by atoms with Gasteiger partial charge in [0.25, 0.3) is 5.91 Å². The fourth-order valence-corrected chi connectivity index (χ4v) is 4.10. The van der Waals surface area contributed by atoms with E-state index in [2.05, 4.69) is 23.7 Å². The molecule has 0 spiro atoms. The van der Waals surface area contributed by atoms with E-state index in [1.807, 2.05) is 24.3 Å². The highest BCUT2D eigenvalue weighted by Gasteiger charge is 2.51. The summed E-state index contributed by atoms with van der Waals surface area (Å²) in [7, 11) is 0. The van der Waals surface area contributed by atoms with Crippen LogP contribution in [0.1, 0.15) is 26.7 Å². The molecule has 1 aromatic rings. The van der Waals surface area contributed by atoms with Crippen molar-refractivity contribution in [1.82, 2.24) is 4.90 Å². The summed E-state index contributed by atoms with van der Waals surface area (Å²) in [6, 6.07) is 6.56. The van der Waals surface area contributed by atoms with E-state index in [0.29, 0.717) is 24.6 Å². The lowest BCUT2D eigenvalue weighted by atomic mass is 10.1. The van der Waals surface area contributed by atoms with Gasteiger partial charge in [0.15, 0.2) is 0 Å². The number of nitrogens with two attached hydrogens (primary N) is 1. The molecule has 138 valence electrons. The quantitative estimate of drug-likeness (QED) is 0.839. The molecule has 7 nitrogen and oxygen atoms in total. The number of carbonyl (C=O) groups is 2. The third-order valence-electron chi connectivity index (χ3n) is 5.38. The first-order chi connectivity index (χ1) is 12.5. The number of rotatable bonds is 3. The van der Waals surface area contributed by atoms with E-state index in [-0.39, 0.29) is 18.0 Å². The lowest BCUT2D eigenvalue weighted by molar-refractivity contribution is -0.119. The van der Waals surface area contributed by atoms with Crippen molar-refractivity contribution in [3.63, 3.8) is 0 Å². The van der Waals surface area contributed by atoms with Crippen LogP contribution in [0.5, 0.6) is 0 Å². The van der Waals surface area contributed by atoms with Crippen molar-refractivity contribution < 1.29 is 9.59 Å². The molecule has 3 aliphatic rings. The predicted molar refractivity (Wildman–Crippen MR) is 102 cm³/mol. The van der Waals surface area contributed by atoms with Gasteiger partial charge in [-0.1, -0.05) is 13.8 Å². The second-order valence-electron chi connectivity index (χ2n) is 7.46. The average Bonchev–Trinajstić information content (AvgIpc) is 3.14. The largest absolute Gasteiger partial charge is 0.332 e. The molecule has 0 unspecified atom stereocenters. The number of nitrogens with zero attached hydrogens (tertiary/aromatic N) is 4. The fourth-order valence-electron chi connectivity index (χ4n) is 4.10. The first-order valence-corrected chi connectivity index (χ1v) is 9.31. The van der Waals surface area contributed by atoms with Crippen LogP contribution in [0.2, 0.25) is 0 Å². The van der Waals surface area contributed by atoms with Crippen molar-refractivity contribution in [3.05, 3.63) is 24.3 Å². The minimum absolute atomic E-state index is 0.213. The number of hydrogen-bond acceptors (Lipinski definition) is 5. The molecule has 26 heavy (non-hydrogen) atoms. The summed E-state index contributed by atoms with van der Waals surface area (Å²) in [5.74, 6) is 1.23. The number of urea groups is 1. The van der Waals surface area contributed by atoms with E-state index in [1.54, 1.807) is 4.90 Å². The Morgan fingerprint density at radius 1 is 1.12 bits per heavy atom. The summed E-state index contributed by atoms with van der Waals surface area (Å²) >= 11 is 0. The first-order valence-electron chi connectivity index (χ1n) is 9.31. The van der Waals surface area contributed by atoms with Crippen molar-refractivity contribution >= 4 is 29.1 Å². The lowest BCUT2D eigenvalue weighted by Crippen LogP contribution is -2.41. The van der Waals surface area contributed by atoms with Crippen molar-refractivity contribution in [2.75, 3.05) is 29.4 Å². The molecule has 2 N–H and O–H groups in total. The maximum atomic E-state index is 12.7. The number of imide groups is 1. The Morgan fingerprint density at radius 2 is 1.81 bits per heavy atom. The summed E-state index contributed by atoms with van der Waals surface area (Å²) in [5.41, 5.74) is 7.66. The summed E-state index contributed by atoms with van der Waals surface area (Å²) in [6.45, 7) is 6.64. The zero-order valence-corrected chi connectivity index (χ0v) is 15.3. The molecule has 7 heteroatoms. The van der Waals surface area contributed by atoms with Gasteiger partial charge in [-0.3, -0.25) is 9.79 Å². The summed E-state index contributed by atoms with van der Waals surface area (Å²) in [4.78, 5) is 35.0. The van der Waals surface area contributed by atoms with Crippen molar-refractivity contribution in [1.29, 1.82) is 0 Å². The third kappa shape index (κ3) is 2.58. The van der Waals surface area contributed by atoms with Crippen LogP contribution >= 0.6 is 0 Å². The molecular weight excluding hydrogens is 330 g/mol. The smallest absolute Gasteiger partial charge is 0.330 e. The molecule has 2 atom stereocenters. The number of amides is 3. The minimum Gasteiger partial charge on any atom is -0.330 e. The second-order valence-corrected chi connectivity index (χ2v) is 7.46. The molecule has 3 aliphatic heterocycles. The van der Waals surface area contributed by atoms with Crippen LogP contribution in [0.15, 0.2) is 29.3 Å². The number of amidine groups is 1. The highest BCUT2D eigenvalue weighted by atomic mass is 16.2. The molecule has 4 rings (SSSR count). The molecule has 3 amide bonds. The van der Waals surface area contributed by atoms with Crippen LogP contribution in [-0.2, 0) is 4.79 Å². The molecule has 0 aromatic heterocycles. The highest BCUT2D eigenvalue weighted by Crippen LogP contribution is 2.32. The third-order valence-corrected chi connectivity index (χ3v) is 5.38. The standard InChI is InChI=1S/C19H25N5O2/c1-12(2)17-21-9-3-10-22(17)13-4-6-14(7-5-13)24-18(25)16-15(20)8-11-23(16)19(24)26/h4-7,12,15-16H,3,8-11,20H2,1-2H3/t15-,16+/m1/s1. The number of carbonyl (C=O) groups excluding carboxylic acids is 2. The first kappa shape index (κ1) is 17.0. The molecule has 3 heterocycles. The van der Waals surface area contributed by atoms with Gasteiger partial charge in [0.2, 0.25) is 0 Å². The van der Waals surface area contributed by atoms with Crippen LogP contribution in [-0.4, -0.2) is 54.4 Å². The van der Waals surface area contributed by atoms with Gasteiger partial charge in [-0.15, -0.1) is 0 Å². The molecular formula is C19H25N5O2. The lowest BCUT2D eigenvalue weighted by Gasteiger charge is -2.32. The van der Waals surface area contributed by atoms with Crippen LogP contribution in [0.3, 0.4) is 0 Å². The Balaban J connectivity index is 1.59. The average molecular weight is 355 g/mol. The van der Waals surface area contributed by atoms with Crippen LogP contribution in [0.25, 0.3) is 0 Å². The Morgan fingerprint density at radius 3 is 2.46 bits per heavy atom. The van der Waals surface area contributed by atoms with Crippen LogP contribution in [0, 0.1) is 5.92 Å². The van der Waals surface area contributed by atoms with E-state index in [4.69, 9.17) is 5.73 Å². The minimum atomic E-state index is -0.510. The molecule has 0 aliphatic carbocycles. The zero-order chi connectivity index (χ0) is 18.4. The molecule has 1 aromatic carbocycles. The van der Waals surface area contributed by atoms with Gasteiger partial charge >= 0.3 is 6.03 Å². The van der Waals surface area contributed by atoms with Gasteiger partial charge in [-0.05, 0) is 37.1 Å². The maximum Gasteiger partial charge on any atom is 0.332 e. The highest BCUT2D eigenvalue weighted by molar-refractivity contribution is 6.22. The molecule has 0 bridgehead atoms. The normalized spacial score (nSPS) is 26.0. The topological polar surface area (TPSA) is 82.2 Å². The molecule has 2 fully saturated rings. The Hall–Kier alpha value is -2.41. The molecule has 2 saturated heterocycles. The predicted octanol–water partition coefficient (Wildman–Crippen LogP) is 1.82. The van der Waals surface area contributed by atoms with Crippen molar-refractivity contribution in [2.45, 2.75) is 38.8 Å². The van der Waals surface area contributed by atoms with Gasteiger partial charge in [-0.25, -0.2) is 9.69 Å². The number of aliphatic imine (C=N–C) groups is 1. The van der Waals surface area contributed by atoms with E-state index >= 15 is 0 Å². The van der Waals surface area contributed by atoms with Gasteiger partial charge in [0.05, 0.1) is 5.69 Å². The number of anilines is 2. The van der Waals surface area contributed by atoms with Crippen LogP contribution in [0.4, 0.5) is 16.2 Å². The zero-order valence-electron chi connectivity index (χ0n) is 15.3. The number of fused-ring (bicyclic) bond motifs is 1. The molecule has 0 saturated carbocycles. The van der Waals surface area contributed by atoms with Crippen molar-refractivity contribution in [3.8, 4) is 0 Å². The number of benzene rings is 1. The van der Waals surface area contributed by atoms with Gasteiger partial charge in [0.1, 0.15) is 11.9 Å². The second kappa shape index (κ2) is 6.39. The summed E-state index contributed by atoms with van der Waals surface area (Å²) in [5, 5.41) is 0. The summed E-state index contributed by atoms with van der Waals surface area (Å²) < 4.78 is 0. The van der Waals surface area contributed by atoms with E-state index in [9.17, 15) is 9.59 Å². The van der Waals surface area contributed by atoms with Crippen LogP contribution < -0.4 is 15.5 Å². The monoisotopic (exact) mass is 355 g/mol. The maximum absolute atomic E-state index is 12.7. The Labute approximate surface area is 153 Å². The Bertz CT molecular complexity index is 758. The van der Waals surface area contributed by atoms with Gasteiger partial charge in [0, 0.05) is 37.3 Å². The van der Waals surface area contributed by atoms with E-state index in [1.165, 1.54) is 4.90 Å².